The van der Waals surface area contributed by atoms with Gasteiger partial charge in [0.15, 0.2) is 0 Å². The van der Waals surface area contributed by atoms with E-state index in [1.165, 1.54) is 11.3 Å². The summed E-state index contributed by atoms with van der Waals surface area (Å²) in [6.45, 7) is 4.27. The summed E-state index contributed by atoms with van der Waals surface area (Å²) in [7, 11) is 1.62. The Morgan fingerprint density at radius 1 is 1.40 bits per heavy atom. The molecule has 1 heterocycles. The van der Waals surface area contributed by atoms with Crippen molar-refractivity contribution in [3.63, 3.8) is 0 Å². The summed E-state index contributed by atoms with van der Waals surface area (Å²) in [6.07, 6.45) is 0. The van der Waals surface area contributed by atoms with Crippen LogP contribution in [0, 0.1) is 6.92 Å². The van der Waals surface area contributed by atoms with Crippen LogP contribution in [0.15, 0.2) is 30.3 Å². The fraction of sp³-hybridized carbons (Fsp3) is 0.333. The maximum Gasteiger partial charge on any atom is 0.263 e. The third kappa shape index (κ3) is 3.43. The molecule has 0 aliphatic carbocycles. The van der Waals surface area contributed by atoms with Crippen LogP contribution < -0.4 is 5.32 Å². The average Bonchev–Trinajstić information content (AvgIpc) is 2.82. The second-order valence-corrected chi connectivity index (χ2v) is 5.63. The van der Waals surface area contributed by atoms with E-state index in [0.717, 1.165) is 16.3 Å². The number of methoxy groups -OCH3 is 1. The van der Waals surface area contributed by atoms with E-state index >= 15 is 0 Å². The highest BCUT2D eigenvalue weighted by molar-refractivity contribution is 7.17. The summed E-state index contributed by atoms with van der Waals surface area (Å²) in [6, 6.07) is 9.86. The molecule has 0 spiro atoms. The van der Waals surface area contributed by atoms with E-state index in [-0.39, 0.29) is 11.9 Å². The maximum atomic E-state index is 12.2. The fourth-order valence-electron chi connectivity index (χ4n) is 1.89. The molecule has 2 aromatic rings. The first kappa shape index (κ1) is 14.7. The Balaban J connectivity index is 2.17. The number of rotatable bonds is 5. The van der Waals surface area contributed by atoms with Gasteiger partial charge >= 0.3 is 0 Å². The van der Waals surface area contributed by atoms with Crippen LogP contribution in [0.4, 0.5) is 0 Å². The molecule has 0 aliphatic heterocycles. The Labute approximate surface area is 122 Å². The van der Waals surface area contributed by atoms with Gasteiger partial charge in [-0.3, -0.25) is 4.79 Å². The van der Waals surface area contributed by atoms with Crippen molar-refractivity contribution in [2.45, 2.75) is 19.9 Å². The summed E-state index contributed by atoms with van der Waals surface area (Å²) in [4.78, 5) is 17.3. The van der Waals surface area contributed by atoms with Crippen molar-refractivity contribution >= 4 is 17.2 Å². The van der Waals surface area contributed by atoms with Gasteiger partial charge in [-0.1, -0.05) is 30.3 Å². The van der Waals surface area contributed by atoms with Gasteiger partial charge in [0.1, 0.15) is 9.88 Å². The highest BCUT2D eigenvalue weighted by Crippen LogP contribution is 2.27. The maximum absolute atomic E-state index is 12.2. The summed E-state index contributed by atoms with van der Waals surface area (Å²) < 4.78 is 5.02. The minimum atomic E-state index is -0.0910. The Hall–Kier alpha value is -1.72. The van der Waals surface area contributed by atoms with Gasteiger partial charge in [-0.05, 0) is 13.8 Å². The van der Waals surface area contributed by atoms with Crippen molar-refractivity contribution in [2.24, 2.45) is 0 Å². The molecular formula is C15H18N2O2S. The molecule has 0 unspecified atom stereocenters. The molecule has 5 heteroatoms. The van der Waals surface area contributed by atoms with Crippen molar-refractivity contribution in [2.75, 3.05) is 13.7 Å². The largest absolute Gasteiger partial charge is 0.383 e. The minimum Gasteiger partial charge on any atom is -0.383 e. The molecule has 2 rings (SSSR count). The second-order valence-electron chi connectivity index (χ2n) is 4.63. The standard InChI is InChI=1S/C15H18N2O2S/c1-10(9-19-3)16-14(18)13-11(2)17-15(20-13)12-7-5-4-6-8-12/h4-8,10H,9H2,1-3H3,(H,16,18)/t10-/m0/s1. The first-order valence-electron chi connectivity index (χ1n) is 6.44. The average molecular weight is 290 g/mol. The number of carbonyl (C=O) groups excluding carboxylic acids is 1. The Bertz CT molecular complexity index is 581. The molecule has 0 saturated heterocycles. The number of nitrogens with one attached hydrogen (secondary N) is 1. The number of ether oxygens (including phenoxy) is 1. The molecule has 0 saturated carbocycles. The fourth-order valence-corrected chi connectivity index (χ4v) is 2.87. The number of hydrogen-bond acceptors (Lipinski definition) is 4. The molecule has 1 N–H and O–H groups in total. The Kier molecular flexibility index (Phi) is 4.87. The van der Waals surface area contributed by atoms with Crippen LogP contribution in [-0.4, -0.2) is 30.6 Å². The van der Waals surface area contributed by atoms with E-state index in [2.05, 4.69) is 10.3 Å². The molecule has 1 atom stereocenters. The minimum absolute atomic E-state index is 0.0193. The molecular weight excluding hydrogens is 272 g/mol. The Morgan fingerprint density at radius 2 is 2.10 bits per heavy atom. The highest BCUT2D eigenvalue weighted by Gasteiger charge is 2.17. The number of thiazole rings is 1. The lowest BCUT2D eigenvalue weighted by atomic mass is 10.2. The lowest BCUT2D eigenvalue weighted by Crippen LogP contribution is -2.35. The monoisotopic (exact) mass is 290 g/mol. The van der Waals surface area contributed by atoms with Crippen LogP contribution in [0.2, 0.25) is 0 Å². The van der Waals surface area contributed by atoms with Crippen LogP contribution in [0.3, 0.4) is 0 Å². The van der Waals surface area contributed by atoms with Crippen LogP contribution in [0.25, 0.3) is 10.6 Å². The van der Waals surface area contributed by atoms with Crippen molar-refractivity contribution in [1.29, 1.82) is 0 Å². The van der Waals surface area contributed by atoms with Crippen LogP contribution in [0.5, 0.6) is 0 Å². The van der Waals surface area contributed by atoms with Gasteiger partial charge < -0.3 is 10.1 Å². The summed E-state index contributed by atoms with van der Waals surface area (Å²) in [5, 5.41) is 3.78. The zero-order valence-electron chi connectivity index (χ0n) is 11.8. The van der Waals surface area contributed by atoms with Gasteiger partial charge in [0.2, 0.25) is 0 Å². The zero-order chi connectivity index (χ0) is 14.5. The number of amides is 1. The normalized spacial score (nSPS) is 12.2. The molecule has 0 bridgehead atoms. The van der Waals surface area contributed by atoms with Gasteiger partial charge in [0, 0.05) is 18.7 Å². The SMILES string of the molecule is COC[C@H](C)NC(=O)c1sc(-c2ccccc2)nc1C. The first-order valence-corrected chi connectivity index (χ1v) is 7.26. The van der Waals surface area contributed by atoms with Crippen LogP contribution >= 0.6 is 11.3 Å². The van der Waals surface area contributed by atoms with Gasteiger partial charge in [-0.25, -0.2) is 4.98 Å². The summed E-state index contributed by atoms with van der Waals surface area (Å²) in [5.74, 6) is -0.0910. The number of benzene rings is 1. The van der Waals surface area contributed by atoms with Crippen molar-refractivity contribution < 1.29 is 9.53 Å². The summed E-state index contributed by atoms with van der Waals surface area (Å²) >= 11 is 1.42. The lowest BCUT2D eigenvalue weighted by Gasteiger charge is -2.11. The van der Waals surface area contributed by atoms with Crippen LogP contribution in [0.1, 0.15) is 22.3 Å². The van der Waals surface area contributed by atoms with Gasteiger partial charge in [-0.2, -0.15) is 0 Å². The zero-order valence-corrected chi connectivity index (χ0v) is 12.7. The molecule has 0 fully saturated rings. The Morgan fingerprint density at radius 3 is 2.75 bits per heavy atom. The first-order chi connectivity index (χ1) is 9.61. The number of carbonyl (C=O) groups is 1. The number of aryl methyl sites for hydroxylation is 1. The van der Waals surface area contributed by atoms with Crippen LogP contribution in [-0.2, 0) is 4.74 Å². The van der Waals surface area contributed by atoms with E-state index in [1.807, 2.05) is 44.2 Å². The second kappa shape index (κ2) is 6.63. The number of hydrogen-bond donors (Lipinski definition) is 1. The summed E-state index contributed by atoms with van der Waals surface area (Å²) in [5.41, 5.74) is 1.79. The molecule has 20 heavy (non-hydrogen) atoms. The van der Waals surface area contributed by atoms with E-state index in [1.54, 1.807) is 7.11 Å². The molecule has 1 amide bonds. The molecule has 106 valence electrons. The molecule has 0 radical (unpaired) electrons. The van der Waals surface area contributed by atoms with E-state index in [9.17, 15) is 4.79 Å². The van der Waals surface area contributed by atoms with E-state index < -0.39 is 0 Å². The molecule has 4 nitrogen and oxygen atoms in total. The molecule has 1 aromatic heterocycles. The lowest BCUT2D eigenvalue weighted by molar-refractivity contribution is 0.0909. The number of nitrogens with zero attached hydrogens (tertiary/aromatic N) is 1. The van der Waals surface area contributed by atoms with E-state index in [4.69, 9.17) is 4.74 Å². The quantitative estimate of drug-likeness (QED) is 0.921. The predicted octanol–water partition coefficient (Wildman–Crippen LogP) is 2.88. The third-order valence-electron chi connectivity index (χ3n) is 2.82. The topological polar surface area (TPSA) is 51.2 Å². The van der Waals surface area contributed by atoms with Crippen molar-refractivity contribution in [3.8, 4) is 10.6 Å². The third-order valence-corrected chi connectivity index (χ3v) is 4.02. The van der Waals surface area contributed by atoms with E-state index in [0.29, 0.717) is 11.5 Å². The number of aromatic nitrogens is 1. The van der Waals surface area contributed by atoms with Crippen molar-refractivity contribution in [1.82, 2.24) is 10.3 Å². The van der Waals surface area contributed by atoms with Crippen molar-refractivity contribution in [3.05, 3.63) is 40.9 Å². The molecule has 1 aromatic carbocycles. The smallest absolute Gasteiger partial charge is 0.263 e. The van der Waals surface area contributed by atoms with Gasteiger partial charge in [-0.15, -0.1) is 11.3 Å². The van der Waals surface area contributed by atoms with Gasteiger partial charge in [0.25, 0.3) is 5.91 Å². The van der Waals surface area contributed by atoms with Gasteiger partial charge in [0.05, 0.1) is 12.3 Å². The molecule has 0 aliphatic rings. The highest BCUT2D eigenvalue weighted by atomic mass is 32.1. The predicted molar refractivity (Wildman–Crippen MR) is 81.1 cm³/mol.